The molecule has 0 aromatic heterocycles. The molecular formula is C44H32O2. The Balaban J connectivity index is 1.75. The summed E-state index contributed by atoms with van der Waals surface area (Å²) in [6.45, 7) is 0. The van der Waals surface area contributed by atoms with Crippen molar-refractivity contribution in [1.29, 1.82) is 0 Å². The van der Waals surface area contributed by atoms with Gasteiger partial charge < -0.3 is 9.47 Å². The zero-order valence-corrected chi connectivity index (χ0v) is 25.8. The van der Waals surface area contributed by atoms with E-state index in [2.05, 4.69) is 158 Å². The molecule has 2 nitrogen and oxygen atoms in total. The molecule has 0 atom stereocenters. The Morgan fingerprint density at radius 2 is 0.652 bits per heavy atom. The van der Waals surface area contributed by atoms with Crippen molar-refractivity contribution < 1.29 is 9.47 Å². The Labute approximate surface area is 269 Å². The fraction of sp³-hybridized carbons (Fsp3) is 0.0455. The fourth-order valence-electron chi connectivity index (χ4n) is 7.05. The van der Waals surface area contributed by atoms with Crippen LogP contribution in [-0.4, -0.2) is 14.2 Å². The molecule has 0 radical (unpaired) electrons. The lowest BCUT2D eigenvalue weighted by Gasteiger charge is -2.25. The van der Waals surface area contributed by atoms with Gasteiger partial charge in [-0.15, -0.1) is 0 Å². The molecule has 46 heavy (non-hydrogen) atoms. The highest BCUT2D eigenvalue weighted by molar-refractivity contribution is 6.33. The Morgan fingerprint density at radius 1 is 0.304 bits per heavy atom. The first-order chi connectivity index (χ1) is 22.8. The number of hydrogen-bond donors (Lipinski definition) is 0. The van der Waals surface area contributed by atoms with Gasteiger partial charge in [-0.1, -0.05) is 133 Å². The van der Waals surface area contributed by atoms with E-state index in [-0.39, 0.29) is 0 Å². The molecular weight excluding hydrogens is 560 g/mol. The van der Waals surface area contributed by atoms with Gasteiger partial charge in [0.2, 0.25) is 0 Å². The van der Waals surface area contributed by atoms with Gasteiger partial charge in [0.05, 0.1) is 14.2 Å². The van der Waals surface area contributed by atoms with E-state index >= 15 is 0 Å². The molecule has 220 valence electrons. The highest BCUT2D eigenvalue weighted by Crippen LogP contribution is 2.53. The molecule has 0 unspecified atom stereocenters. The highest BCUT2D eigenvalue weighted by Gasteiger charge is 2.26. The summed E-state index contributed by atoms with van der Waals surface area (Å²) in [7, 11) is 3.46. The summed E-state index contributed by atoms with van der Waals surface area (Å²) in [5, 5.41) is 7.22. The van der Waals surface area contributed by atoms with Crippen molar-refractivity contribution in [3.05, 3.63) is 158 Å². The van der Waals surface area contributed by atoms with E-state index in [0.717, 1.165) is 28.0 Å². The maximum Gasteiger partial charge on any atom is 0.119 e. The van der Waals surface area contributed by atoms with Crippen molar-refractivity contribution in [2.45, 2.75) is 0 Å². The number of fused-ring (bicyclic) bond motifs is 3. The van der Waals surface area contributed by atoms with Gasteiger partial charge in [-0.05, 0) is 101 Å². The average molecular weight is 593 g/mol. The van der Waals surface area contributed by atoms with E-state index in [1.807, 2.05) is 0 Å². The van der Waals surface area contributed by atoms with Crippen molar-refractivity contribution in [2.75, 3.05) is 14.2 Å². The molecule has 8 aromatic rings. The van der Waals surface area contributed by atoms with Crippen LogP contribution in [0.25, 0.3) is 76.8 Å². The first-order valence-electron chi connectivity index (χ1n) is 15.6. The van der Waals surface area contributed by atoms with Crippen LogP contribution in [0.2, 0.25) is 0 Å². The Bertz CT molecular complexity index is 2340. The van der Waals surface area contributed by atoms with Crippen LogP contribution in [0.3, 0.4) is 0 Å². The second kappa shape index (κ2) is 11.6. The molecule has 0 aliphatic heterocycles. The monoisotopic (exact) mass is 592 g/mol. The van der Waals surface area contributed by atoms with Crippen molar-refractivity contribution in [3.8, 4) is 56.0 Å². The SMILES string of the molecule is COc1ccc(-c2c3ccccc3c(-c3ccccc3)c3c(-c4ccccc4)c4ccc(OC)cc4c(-c4ccccc4)c23)cc1. The number of ether oxygens (including phenoxy) is 2. The Morgan fingerprint density at radius 3 is 1.09 bits per heavy atom. The molecule has 8 rings (SSSR count). The van der Waals surface area contributed by atoms with Crippen LogP contribution < -0.4 is 9.47 Å². The standard InChI is InChI=1S/C44H32O2/c1-45-33-24-22-32(23-25-33)41-36-21-13-12-20-35(36)39(29-14-6-3-7-15-29)43-40(30-16-8-4-9-17-30)37-27-26-34(46-2)28-38(37)42(44(41)43)31-18-10-5-11-19-31/h3-28H,1-2H3. The molecule has 2 heteroatoms. The Hall–Kier alpha value is -5.86. The average Bonchev–Trinajstić information content (AvgIpc) is 3.13. The molecule has 0 amide bonds. The second-order valence-electron chi connectivity index (χ2n) is 11.5. The number of hydrogen-bond acceptors (Lipinski definition) is 2. The van der Waals surface area contributed by atoms with E-state index < -0.39 is 0 Å². The molecule has 0 heterocycles. The lowest BCUT2D eigenvalue weighted by Crippen LogP contribution is -1.98. The van der Waals surface area contributed by atoms with Crippen LogP contribution >= 0.6 is 0 Å². The van der Waals surface area contributed by atoms with Crippen LogP contribution in [0, 0.1) is 0 Å². The van der Waals surface area contributed by atoms with Gasteiger partial charge in [-0.2, -0.15) is 0 Å². The quantitative estimate of drug-likeness (QED) is 0.179. The summed E-state index contributed by atoms with van der Waals surface area (Å²) in [5.74, 6) is 1.67. The summed E-state index contributed by atoms with van der Waals surface area (Å²) in [6.07, 6.45) is 0. The van der Waals surface area contributed by atoms with E-state index in [0.29, 0.717) is 0 Å². The molecule has 0 spiro atoms. The van der Waals surface area contributed by atoms with Gasteiger partial charge in [0.15, 0.2) is 0 Å². The number of rotatable bonds is 6. The third kappa shape index (κ3) is 4.50. The van der Waals surface area contributed by atoms with Gasteiger partial charge in [0.1, 0.15) is 11.5 Å². The van der Waals surface area contributed by atoms with Gasteiger partial charge in [-0.25, -0.2) is 0 Å². The molecule has 0 fully saturated rings. The zero-order valence-electron chi connectivity index (χ0n) is 25.8. The fourth-order valence-corrected chi connectivity index (χ4v) is 7.05. The first-order valence-corrected chi connectivity index (χ1v) is 15.6. The molecule has 0 aliphatic carbocycles. The summed E-state index contributed by atoms with van der Waals surface area (Å²) in [6, 6.07) is 56.4. The molecule has 0 saturated carbocycles. The van der Waals surface area contributed by atoms with Gasteiger partial charge in [-0.3, -0.25) is 0 Å². The third-order valence-electron chi connectivity index (χ3n) is 9.05. The maximum absolute atomic E-state index is 5.86. The molecule has 0 aliphatic rings. The predicted octanol–water partition coefficient (Wildman–Crippen LogP) is 11.8. The van der Waals surface area contributed by atoms with E-state index in [4.69, 9.17) is 9.47 Å². The summed E-state index contributed by atoms with van der Waals surface area (Å²) >= 11 is 0. The van der Waals surface area contributed by atoms with E-state index in [9.17, 15) is 0 Å². The lowest BCUT2D eigenvalue weighted by atomic mass is 9.77. The predicted molar refractivity (Wildman–Crippen MR) is 194 cm³/mol. The first kappa shape index (κ1) is 27.7. The smallest absolute Gasteiger partial charge is 0.119 e. The third-order valence-corrected chi connectivity index (χ3v) is 9.05. The van der Waals surface area contributed by atoms with Crippen LogP contribution in [0.15, 0.2) is 158 Å². The largest absolute Gasteiger partial charge is 0.497 e. The van der Waals surface area contributed by atoms with Crippen molar-refractivity contribution in [3.63, 3.8) is 0 Å². The minimum atomic E-state index is 0.832. The lowest BCUT2D eigenvalue weighted by molar-refractivity contribution is 0.415. The minimum Gasteiger partial charge on any atom is -0.497 e. The van der Waals surface area contributed by atoms with E-state index in [1.165, 1.54) is 60.3 Å². The van der Waals surface area contributed by atoms with Crippen LogP contribution in [0.4, 0.5) is 0 Å². The van der Waals surface area contributed by atoms with Gasteiger partial charge >= 0.3 is 0 Å². The van der Waals surface area contributed by atoms with Gasteiger partial charge in [0.25, 0.3) is 0 Å². The number of methoxy groups -OCH3 is 2. The molecule has 0 N–H and O–H groups in total. The van der Waals surface area contributed by atoms with Crippen molar-refractivity contribution >= 4 is 32.3 Å². The van der Waals surface area contributed by atoms with E-state index in [1.54, 1.807) is 14.2 Å². The summed E-state index contributed by atoms with van der Waals surface area (Å²) in [4.78, 5) is 0. The topological polar surface area (TPSA) is 18.5 Å². The number of benzene rings is 8. The normalized spacial score (nSPS) is 11.3. The molecule has 0 saturated heterocycles. The van der Waals surface area contributed by atoms with Crippen molar-refractivity contribution in [2.24, 2.45) is 0 Å². The van der Waals surface area contributed by atoms with Crippen LogP contribution in [0.1, 0.15) is 0 Å². The maximum atomic E-state index is 5.86. The van der Waals surface area contributed by atoms with Crippen molar-refractivity contribution in [1.82, 2.24) is 0 Å². The van der Waals surface area contributed by atoms with Crippen LogP contribution in [-0.2, 0) is 0 Å². The summed E-state index contributed by atoms with van der Waals surface area (Å²) < 4.78 is 11.5. The Kier molecular flexibility index (Phi) is 6.96. The molecule has 0 bridgehead atoms. The molecule has 8 aromatic carbocycles. The highest BCUT2D eigenvalue weighted by atomic mass is 16.5. The second-order valence-corrected chi connectivity index (χ2v) is 11.5. The minimum absolute atomic E-state index is 0.832. The zero-order chi connectivity index (χ0) is 31.0. The van der Waals surface area contributed by atoms with Gasteiger partial charge in [0, 0.05) is 0 Å². The van der Waals surface area contributed by atoms with Crippen LogP contribution in [0.5, 0.6) is 11.5 Å². The summed E-state index contributed by atoms with van der Waals surface area (Å²) in [5.41, 5.74) is 9.51.